The van der Waals surface area contributed by atoms with Crippen molar-refractivity contribution in [3.8, 4) is 11.4 Å². The number of rotatable bonds is 2. The van der Waals surface area contributed by atoms with Crippen LogP contribution in [0.25, 0.3) is 17.1 Å². The molecule has 4 nitrogen and oxygen atoms in total. The van der Waals surface area contributed by atoms with Crippen LogP contribution < -0.4 is 0 Å². The summed E-state index contributed by atoms with van der Waals surface area (Å²) in [5, 5.41) is 4.02. The molecule has 2 aromatic rings. The zero-order valence-electron chi connectivity index (χ0n) is 11.4. The van der Waals surface area contributed by atoms with Crippen LogP contribution in [-0.2, 0) is 4.74 Å². The van der Waals surface area contributed by atoms with Gasteiger partial charge in [0, 0.05) is 10.0 Å². The lowest BCUT2D eigenvalue weighted by atomic mass is 9.99. The van der Waals surface area contributed by atoms with Gasteiger partial charge in [-0.25, -0.2) is 0 Å². The summed E-state index contributed by atoms with van der Waals surface area (Å²) in [5.41, 5.74) is 0.731. The Kier molecular flexibility index (Phi) is 3.38. The molecule has 1 aromatic heterocycles. The molecule has 0 bridgehead atoms. The Morgan fingerprint density at radius 3 is 2.65 bits per heavy atom. The van der Waals surface area contributed by atoms with E-state index in [1.54, 1.807) is 0 Å². The molecule has 2 heterocycles. The van der Waals surface area contributed by atoms with E-state index in [9.17, 15) is 0 Å². The largest absolute Gasteiger partial charge is 0.482 e. The maximum absolute atomic E-state index is 5.89. The first-order chi connectivity index (χ1) is 9.53. The van der Waals surface area contributed by atoms with E-state index in [2.05, 4.69) is 39.9 Å². The van der Waals surface area contributed by atoms with Crippen molar-refractivity contribution < 1.29 is 9.26 Å². The van der Waals surface area contributed by atoms with Crippen LogP contribution in [0.15, 0.2) is 39.3 Å². The van der Waals surface area contributed by atoms with E-state index >= 15 is 0 Å². The summed E-state index contributed by atoms with van der Waals surface area (Å²) in [5.74, 6) is 1.69. The maximum atomic E-state index is 5.89. The highest BCUT2D eigenvalue weighted by Gasteiger charge is 2.27. The zero-order chi connectivity index (χ0) is 14.2. The predicted molar refractivity (Wildman–Crippen MR) is 79.8 cm³/mol. The highest BCUT2D eigenvalue weighted by molar-refractivity contribution is 9.10. The third-order valence-electron chi connectivity index (χ3n) is 3.20. The lowest BCUT2D eigenvalue weighted by Crippen LogP contribution is -2.26. The fourth-order valence-electron chi connectivity index (χ4n) is 2.11. The number of hydrogen-bond acceptors (Lipinski definition) is 4. The van der Waals surface area contributed by atoms with Gasteiger partial charge < -0.3 is 9.26 Å². The van der Waals surface area contributed by atoms with Crippen LogP contribution in [0, 0.1) is 0 Å². The molecular formula is C15H15BrN2O2. The molecule has 1 aliphatic rings. The molecule has 0 aliphatic carbocycles. The second kappa shape index (κ2) is 5.05. The predicted octanol–water partition coefficient (Wildman–Crippen LogP) is 4.43. The van der Waals surface area contributed by atoms with Crippen LogP contribution in [0.2, 0.25) is 0 Å². The zero-order valence-corrected chi connectivity index (χ0v) is 13.0. The summed E-state index contributed by atoms with van der Waals surface area (Å²) >= 11 is 3.40. The quantitative estimate of drug-likeness (QED) is 0.815. The Morgan fingerprint density at radius 1 is 1.20 bits per heavy atom. The second-order valence-corrected chi connectivity index (χ2v) is 6.31. The molecule has 3 rings (SSSR count). The summed E-state index contributed by atoms with van der Waals surface area (Å²) in [4.78, 5) is 4.41. The van der Waals surface area contributed by atoms with Gasteiger partial charge in [0.25, 0.3) is 5.89 Å². The minimum Gasteiger partial charge on any atom is -0.482 e. The summed E-state index contributed by atoms with van der Waals surface area (Å²) in [6, 6.07) is 7.78. The Bertz CT molecular complexity index is 644. The minimum absolute atomic E-state index is 0.184. The first kappa shape index (κ1) is 13.4. The van der Waals surface area contributed by atoms with Crippen molar-refractivity contribution in [1.82, 2.24) is 10.1 Å². The van der Waals surface area contributed by atoms with Crippen molar-refractivity contribution >= 4 is 21.7 Å². The number of nitrogens with zero attached hydrogens (tertiary/aromatic N) is 2. The van der Waals surface area contributed by atoms with Gasteiger partial charge in [-0.15, -0.1) is 0 Å². The van der Waals surface area contributed by atoms with Crippen LogP contribution in [0.3, 0.4) is 0 Å². The van der Waals surface area contributed by atoms with E-state index in [4.69, 9.17) is 9.26 Å². The molecule has 1 aromatic carbocycles. The topological polar surface area (TPSA) is 48.2 Å². The van der Waals surface area contributed by atoms with Crippen molar-refractivity contribution in [2.75, 3.05) is 0 Å². The standard InChI is InChI=1S/C15H15BrN2O2/c1-15(2)9-3-4-12(19-15)14-17-13(18-20-14)10-5-7-11(16)8-6-10/h4-8H,3,9H2,1-2H3. The van der Waals surface area contributed by atoms with Gasteiger partial charge in [0.1, 0.15) is 5.60 Å². The Morgan fingerprint density at radius 2 is 1.95 bits per heavy atom. The molecule has 0 spiro atoms. The SMILES string of the molecule is CC1(C)CCC=C(c2nc(-c3ccc(Br)cc3)no2)O1. The molecule has 0 unspecified atom stereocenters. The van der Waals surface area contributed by atoms with Crippen molar-refractivity contribution in [3.05, 3.63) is 40.7 Å². The average Bonchev–Trinajstić information content (AvgIpc) is 2.88. The summed E-state index contributed by atoms with van der Waals surface area (Å²) < 4.78 is 12.2. The van der Waals surface area contributed by atoms with Crippen molar-refractivity contribution in [2.45, 2.75) is 32.3 Å². The average molecular weight is 335 g/mol. The summed E-state index contributed by atoms with van der Waals surface area (Å²) in [6.07, 6.45) is 3.95. The van der Waals surface area contributed by atoms with Gasteiger partial charge in [0.05, 0.1) is 0 Å². The lowest BCUT2D eigenvalue weighted by Gasteiger charge is -2.29. The first-order valence-electron chi connectivity index (χ1n) is 6.53. The normalized spacial score (nSPS) is 17.4. The Balaban J connectivity index is 1.87. The smallest absolute Gasteiger partial charge is 0.292 e. The van der Waals surface area contributed by atoms with E-state index in [0.29, 0.717) is 17.5 Å². The van der Waals surface area contributed by atoms with E-state index in [0.717, 1.165) is 22.9 Å². The second-order valence-electron chi connectivity index (χ2n) is 5.40. The van der Waals surface area contributed by atoms with Crippen LogP contribution in [0.5, 0.6) is 0 Å². The summed E-state index contributed by atoms with van der Waals surface area (Å²) in [6.45, 7) is 4.12. The first-order valence-corrected chi connectivity index (χ1v) is 7.32. The highest BCUT2D eigenvalue weighted by Crippen LogP contribution is 2.32. The maximum Gasteiger partial charge on any atom is 0.292 e. The van der Waals surface area contributed by atoms with E-state index in [1.807, 2.05) is 30.3 Å². The van der Waals surface area contributed by atoms with Gasteiger partial charge in [-0.1, -0.05) is 21.1 Å². The monoisotopic (exact) mass is 334 g/mol. The molecule has 0 atom stereocenters. The van der Waals surface area contributed by atoms with Crippen molar-refractivity contribution in [1.29, 1.82) is 0 Å². The highest BCUT2D eigenvalue weighted by atomic mass is 79.9. The molecular weight excluding hydrogens is 320 g/mol. The molecule has 0 radical (unpaired) electrons. The number of halogens is 1. The van der Waals surface area contributed by atoms with Gasteiger partial charge in [0.2, 0.25) is 5.82 Å². The molecule has 0 N–H and O–H groups in total. The van der Waals surface area contributed by atoms with Gasteiger partial charge in [-0.3, -0.25) is 0 Å². The van der Waals surface area contributed by atoms with Gasteiger partial charge in [-0.05, 0) is 57.0 Å². The van der Waals surface area contributed by atoms with Gasteiger partial charge in [-0.2, -0.15) is 4.98 Å². The number of aromatic nitrogens is 2. The van der Waals surface area contributed by atoms with Crippen LogP contribution >= 0.6 is 15.9 Å². The molecule has 0 fully saturated rings. The van der Waals surface area contributed by atoms with E-state index in [-0.39, 0.29) is 5.60 Å². The van der Waals surface area contributed by atoms with Crippen LogP contribution in [-0.4, -0.2) is 15.7 Å². The number of allylic oxidation sites excluding steroid dienone is 1. The van der Waals surface area contributed by atoms with Crippen LogP contribution in [0.1, 0.15) is 32.6 Å². The molecule has 5 heteroatoms. The number of benzene rings is 1. The van der Waals surface area contributed by atoms with E-state index < -0.39 is 0 Å². The third-order valence-corrected chi connectivity index (χ3v) is 3.73. The molecule has 1 aliphatic heterocycles. The van der Waals surface area contributed by atoms with Gasteiger partial charge >= 0.3 is 0 Å². The molecule has 0 saturated heterocycles. The van der Waals surface area contributed by atoms with Crippen molar-refractivity contribution in [2.24, 2.45) is 0 Å². The van der Waals surface area contributed by atoms with Crippen molar-refractivity contribution in [3.63, 3.8) is 0 Å². The summed E-state index contributed by atoms with van der Waals surface area (Å²) in [7, 11) is 0. The minimum atomic E-state index is -0.184. The Hall–Kier alpha value is -1.62. The fourth-order valence-corrected chi connectivity index (χ4v) is 2.38. The number of hydrogen-bond donors (Lipinski definition) is 0. The Labute approximate surface area is 126 Å². The lowest BCUT2D eigenvalue weighted by molar-refractivity contribution is 0.0547. The van der Waals surface area contributed by atoms with Gasteiger partial charge in [0.15, 0.2) is 5.76 Å². The van der Waals surface area contributed by atoms with E-state index in [1.165, 1.54) is 0 Å². The molecule has 104 valence electrons. The molecule has 0 saturated carbocycles. The fraction of sp³-hybridized carbons (Fsp3) is 0.333. The molecule has 0 amide bonds. The molecule has 20 heavy (non-hydrogen) atoms. The van der Waals surface area contributed by atoms with Crippen LogP contribution in [0.4, 0.5) is 0 Å². The third kappa shape index (κ3) is 2.77. The number of ether oxygens (including phenoxy) is 1.